The largest absolute Gasteiger partial charge is 0.469 e. The first-order valence-electron chi connectivity index (χ1n) is 4.99. The molecule has 1 heterocycles. The number of esters is 1. The van der Waals surface area contributed by atoms with Crippen molar-refractivity contribution < 1.29 is 9.53 Å². The van der Waals surface area contributed by atoms with Gasteiger partial charge in [-0.05, 0) is 23.8 Å². The maximum Gasteiger partial charge on any atom is 0.305 e. The molecule has 15 heavy (non-hydrogen) atoms. The van der Waals surface area contributed by atoms with Crippen LogP contribution in [0.15, 0.2) is 17.5 Å². The summed E-state index contributed by atoms with van der Waals surface area (Å²) in [5, 5.41) is 2.01. The summed E-state index contributed by atoms with van der Waals surface area (Å²) in [5.41, 5.74) is 6.02. The van der Waals surface area contributed by atoms with Crippen LogP contribution < -0.4 is 5.73 Å². The van der Waals surface area contributed by atoms with Crippen molar-refractivity contribution >= 4 is 17.3 Å². The van der Waals surface area contributed by atoms with Crippen molar-refractivity contribution in [2.75, 3.05) is 7.11 Å². The lowest BCUT2D eigenvalue weighted by Crippen LogP contribution is -2.15. The molecule has 0 radical (unpaired) electrons. The van der Waals surface area contributed by atoms with Crippen molar-refractivity contribution in [3.63, 3.8) is 0 Å². The molecule has 2 atom stereocenters. The van der Waals surface area contributed by atoms with Crippen LogP contribution in [-0.2, 0) is 9.53 Å². The molecule has 0 fully saturated rings. The molecule has 0 aliphatic heterocycles. The van der Waals surface area contributed by atoms with E-state index in [0.29, 0.717) is 6.42 Å². The Balaban J connectivity index is 2.38. The summed E-state index contributed by atoms with van der Waals surface area (Å²) >= 11 is 1.66. The van der Waals surface area contributed by atoms with E-state index in [4.69, 9.17) is 5.73 Å². The summed E-state index contributed by atoms with van der Waals surface area (Å²) in [6.45, 7) is 2.02. The fraction of sp³-hybridized carbons (Fsp3) is 0.545. The Morgan fingerprint density at radius 1 is 1.67 bits per heavy atom. The lowest BCUT2D eigenvalue weighted by atomic mass is 9.98. The monoisotopic (exact) mass is 227 g/mol. The number of nitrogens with two attached hydrogens (primary N) is 1. The van der Waals surface area contributed by atoms with E-state index in [1.165, 1.54) is 12.0 Å². The molecule has 1 aromatic heterocycles. The average molecular weight is 227 g/mol. The van der Waals surface area contributed by atoms with E-state index in [1.807, 2.05) is 24.4 Å². The van der Waals surface area contributed by atoms with Gasteiger partial charge in [-0.3, -0.25) is 4.79 Å². The zero-order chi connectivity index (χ0) is 11.3. The molecule has 0 aromatic carbocycles. The topological polar surface area (TPSA) is 52.3 Å². The lowest BCUT2D eigenvalue weighted by Gasteiger charge is -2.14. The van der Waals surface area contributed by atoms with Gasteiger partial charge in [-0.15, -0.1) is 11.3 Å². The zero-order valence-corrected chi connectivity index (χ0v) is 9.92. The SMILES string of the molecule is COC(=O)CC(C)CC(N)c1cccs1. The maximum absolute atomic E-state index is 11.0. The first-order valence-corrected chi connectivity index (χ1v) is 5.87. The fourth-order valence-electron chi connectivity index (χ4n) is 1.50. The fourth-order valence-corrected chi connectivity index (χ4v) is 2.25. The normalized spacial score (nSPS) is 14.6. The predicted octanol–water partition coefficient (Wildman–Crippen LogP) is 2.34. The number of ether oxygens (including phenoxy) is 1. The molecule has 0 aliphatic carbocycles. The molecule has 0 spiro atoms. The highest BCUT2D eigenvalue weighted by Crippen LogP contribution is 2.24. The minimum Gasteiger partial charge on any atom is -0.469 e. The van der Waals surface area contributed by atoms with E-state index in [1.54, 1.807) is 11.3 Å². The van der Waals surface area contributed by atoms with Gasteiger partial charge in [0.1, 0.15) is 0 Å². The van der Waals surface area contributed by atoms with Crippen molar-refractivity contribution in [1.82, 2.24) is 0 Å². The number of hydrogen-bond acceptors (Lipinski definition) is 4. The van der Waals surface area contributed by atoms with Gasteiger partial charge in [0.25, 0.3) is 0 Å². The molecule has 0 aliphatic rings. The Morgan fingerprint density at radius 2 is 2.40 bits per heavy atom. The van der Waals surface area contributed by atoms with Crippen molar-refractivity contribution in [2.45, 2.75) is 25.8 Å². The first kappa shape index (κ1) is 12.2. The highest BCUT2D eigenvalue weighted by Gasteiger charge is 2.15. The third kappa shape index (κ3) is 4.01. The highest BCUT2D eigenvalue weighted by molar-refractivity contribution is 7.10. The van der Waals surface area contributed by atoms with Gasteiger partial charge in [-0.25, -0.2) is 0 Å². The summed E-state index contributed by atoms with van der Waals surface area (Å²) in [4.78, 5) is 12.2. The molecule has 1 rings (SSSR count). The van der Waals surface area contributed by atoms with Crippen molar-refractivity contribution in [3.05, 3.63) is 22.4 Å². The smallest absolute Gasteiger partial charge is 0.305 e. The van der Waals surface area contributed by atoms with Crippen LogP contribution in [-0.4, -0.2) is 13.1 Å². The molecule has 4 heteroatoms. The number of hydrogen-bond donors (Lipinski definition) is 1. The molecular formula is C11H17NO2S. The van der Waals surface area contributed by atoms with E-state index in [0.717, 1.165) is 6.42 Å². The minimum atomic E-state index is -0.166. The highest BCUT2D eigenvalue weighted by atomic mass is 32.1. The standard InChI is InChI=1S/C11H17NO2S/c1-8(7-11(13)14-2)6-9(12)10-4-3-5-15-10/h3-5,8-9H,6-7,12H2,1-2H3. The van der Waals surface area contributed by atoms with Gasteiger partial charge < -0.3 is 10.5 Å². The van der Waals surface area contributed by atoms with Crippen LogP contribution in [0.4, 0.5) is 0 Å². The van der Waals surface area contributed by atoms with E-state index in [9.17, 15) is 4.79 Å². The summed E-state index contributed by atoms with van der Waals surface area (Å²) in [6.07, 6.45) is 1.26. The van der Waals surface area contributed by atoms with E-state index < -0.39 is 0 Å². The molecule has 0 saturated heterocycles. The van der Waals surface area contributed by atoms with E-state index >= 15 is 0 Å². The number of carbonyl (C=O) groups is 1. The Hall–Kier alpha value is -0.870. The number of methoxy groups -OCH3 is 1. The molecule has 0 bridgehead atoms. The molecule has 3 nitrogen and oxygen atoms in total. The van der Waals surface area contributed by atoms with Gasteiger partial charge in [0.15, 0.2) is 0 Å². The van der Waals surface area contributed by atoms with Gasteiger partial charge in [0, 0.05) is 17.3 Å². The van der Waals surface area contributed by atoms with Crippen molar-refractivity contribution in [1.29, 1.82) is 0 Å². The van der Waals surface area contributed by atoms with Crippen molar-refractivity contribution in [2.24, 2.45) is 11.7 Å². The Labute approximate surface area is 94.2 Å². The second kappa shape index (κ2) is 5.88. The molecule has 2 unspecified atom stereocenters. The second-order valence-corrected chi connectivity index (χ2v) is 4.72. The van der Waals surface area contributed by atoms with Crippen LogP contribution in [0.2, 0.25) is 0 Å². The Morgan fingerprint density at radius 3 is 2.93 bits per heavy atom. The van der Waals surface area contributed by atoms with Crippen LogP contribution in [0.5, 0.6) is 0 Å². The third-order valence-corrected chi connectivity index (χ3v) is 3.31. The summed E-state index contributed by atoms with van der Waals surface area (Å²) in [5.74, 6) is 0.0930. The minimum absolute atomic E-state index is 0.0321. The van der Waals surface area contributed by atoms with Gasteiger partial charge in [-0.2, -0.15) is 0 Å². The van der Waals surface area contributed by atoms with Crippen molar-refractivity contribution in [3.8, 4) is 0 Å². The molecule has 2 N–H and O–H groups in total. The van der Waals surface area contributed by atoms with Crippen LogP contribution in [0, 0.1) is 5.92 Å². The van der Waals surface area contributed by atoms with Gasteiger partial charge in [-0.1, -0.05) is 13.0 Å². The molecule has 84 valence electrons. The van der Waals surface area contributed by atoms with E-state index in [2.05, 4.69) is 4.74 Å². The molecular weight excluding hydrogens is 210 g/mol. The number of rotatable bonds is 5. The van der Waals surface area contributed by atoms with Gasteiger partial charge in [0.05, 0.1) is 7.11 Å². The van der Waals surface area contributed by atoms with E-state index in [-0.39, 0.29) is 17.9 Å². The quantitative estimate of drug-likeness (QED) is 0.785. The maximum atomic E-state index is 11.0. The first-order chi connectivity index (χ1) is 7.13. The molecule has 0 amide bonds. The summed E-state index contributed by atoms with van der Waals surface area (Å²) in [7, 11) is 1.41. The van der Waals surface area contributed by atoms with Crippen LogP contribution in [0.3, 0.4) is 0 Å². The van der Waals surface area contributed by atoms with Crippen LogP contribution in [0.25, 0.3) is 0 Å². The Bertz CT molecular complexity index is 298. The van der Waals surface area contributed by atoms with Gasteiger partial charge >= 0.3 is 5.97 Å². The number of carbonyl (C=O) groups excluding carboxylic acids is 1. The zero-order valence-electron chi connectivity index (χ0n) is 9.10. The molecule has 0 saturated carbocycles. The van der Waals surface area contributed by atoms with Crippen LogP contribution in [0.1, 0.15) is 30.7 Å². The van der Waals surface area contributed by atoms with Gasteiger partial charge in [0.2, 0.25) is 0 Å². The number of thiophene rings is 1. The Kier molecular flexibility index (Phi) is 4.78. The summed E-state index contributed by atoms with van der Waals surface area (Å²) in [6, 6.07) is 4.05. The second-order valence-electron chi connectivity index (χ2n) is 3.74. The predicted molar refractivity (Wildman–Crippen MR) is 61.7 cm³/mol. The lowest BCUT2D eigenvalue weighted by molar-refractivity contribution is -0.141. The van der Waals surface area contributed by atoms with Crippen LogP contribution >= 0.6 is 11.3 Å². The third-order valence-electron chi connectivity index (χ3n) is 2.31. The average Bonchev–Trinajstić information content (AvgIpc) is 2.70. The summed E-state index contributed by atoms with van der Waals surface area (Å²) < 4.78 is 4.62. The molecule has 1 aromatic rings.